The third-order valence-corrected chi connectivity index (χ3v) is 1.25. The van der Waals surface area contributed by atoms with E-state index in [9.17, 15) is 0 Å². The summed E-state index contributed by atoms with van der Waals surface area (Å²) in [4.78, 5) is 1.85. The first-order chi connectivity index (χ1) is 4.22. The van der Waals surface area contributed by atoms with E-state index >= 15 is 0 Å². The second-order valence-electron chi connectivity index (χ2n) is 2.14. The van der Waals surface area contributed by atoms with Crippen molar-refractivity contribution < 1.29 is 5.11 Å². The highest BCUT2D eigenvalue weighted by molar-refractivity contribution is 4.49. The van der Waals surface area contributed by atoms with Crippen molar-refractivity contribution >= 4 is 0 Å². The van der Waals surface area contributed by atoms with Crippen molar-refractivity contribution in [1.29, 1.82) is 0 Å². The zero-order valence-electron chi connectivity index (χ0n) is 6.39. The molecule has 56 valence electrons. The van der Waals surface area contributed by atoms with E-state index in [1.165, 1.54) is 0 Å². The van der Waals surface area contributed by atoms with E-state index < -0.39 is 6.35 Å². The number of hydrogen-bond donors (Lipinski definition) is 2. The van der Waals surface area contributed by atoms with E-state index in [2.05, 4.69) is 12.2 Å². The van der Waals surface area contributed by atoms with Crippen LogP contribution in [-0.2, 0) is 0 Å². The molecule has 0 bridgehead atoms. The van der Waals surface area contributed by atoms with Crippen molar-refractivity contribution in [3.8, 4) is 0 Å². The molecule has 0 aromatic carbocycles. The Bertz CT molecular complexity index is 68.1. The molecule has 1 unspecified atom stereocenters. The molecule has 0 radical (unpaired) electrons. The molecule has 2 N–H and O–H groups in total. The average Bonchev–Trinajstić information content (AvgIpc) is 1.87. The van der Waals surface area contributed by atoms with Crippen LogP contribution in [0.25, 0.3) is 0 Å². The number of aliphatic hydroxyl groups is 1. The molecule has 0 aliphatic carbocycles. The molecule has 3 nitrogen and oxygen atoms in total. The van der Waals surface area contributed by atoms with Crippen LogP contribution in [0.15, 0.2) is 0 Å². The highest BCUT2D eigenvalue weighted by Crippen LogP contribution is 1.88. The Balaban J connectivity index is 3.32. The van der Waals surface area contributed by atoms with Gasteiger partial charge in [-0.15, -0.1) is 0 Å². The Morgan fingerprint density at radius 2 is 2.22 bits per heavy atom. The van der Waals surface area contributed by atoms with Crippen molar-refractivity contribution in [1.82, 2.24) is 10.2 Å². The minimum atomic E-state index is -0.495. The van der Waals surface area contributed by atoms with Gasteiger partial charge in [0.2, 0.25) is 0 Å². The average molecular weight is 132 g/mol. The summed E-state index contributed by atoms with van der Waals surface area (Å²) in [5, 5.41) is 11.8. The highest BCUT2D eigenvalue weighted by Gasteiger charge is 2.04. The molecule has 9 heavy (non-hydrogen) atoms. The van der Waals surface area contributed by atoms with Gasteiger partial charge in [-0.3, -0.25) is 10.2 Å². The molecule has 0 rings (SSSR count). The zero-order chi connectivity index (χ0) is 7.28. The van der Waals surface area contributed by atoms with Gasteiger partial charge in [0.05, 0.1) is 0 Å². The monoisotopic (exact) mass is 132 g/mol. The van der Waals surface area contributed by atoms with Crippen LogP contribution in [0, 0.1) is 0 Å². The van der Waals surface area contributed by atoms with Gasteiger partial charge < -0.3 is 5.11 Å². The maximum Gasteiger partial charge on any atom is 0.162 e. The normalized spacial score (nSPS) is 14.3. The van der Waals surface area contributed by atoms with E-state index in [1.54, 1.807) is 7.05 Å². The molecule has 0 fully saturated rings. The maximum absolute atomic E-state index is 9.07. The number of aliphatic hydroxyl groups excluding tert-OH is 1. The fourth-order valence-electron chi connectivity index (χ4n) is 0.695. The molecular formula is C6H16N2O. The Hall–Kier alpha value is -0.120. The molecule has 0 aliphatic rings. The molecule has 0 aliphatic heterocycles. The Morgan fingerprint density at radius 3 is 2.56 bits per heavy atom. The molecule has 0 aromatic heterocycles. The fourth-order valence-corrected chi connectivity index (χ4v) is 0.695. The summed E-state index contributed by atoms with van der Waals surface area (Å²) in [5.41, 5.74) is 0. The van der Waals surface area contributed by atoms with Crippen LogP contribution < -0.4 is 5.32 Å². The third kappa shape index (κ3) is 3.46. The Kier molecular flexibility index (Phi) is 4.67. The smallest absolute Gasteiger partial charge is 0.162 e. The number of hydrogen-bond acceptors (Lipinski definition) is 3. The van der Waals surface area contributed by atoms with E-state index in [1.807, 2.05) is 11.9 Å². The fraction of sp³-hybridized carbons (Fsp3) is 1.00. The molecule has 0 saturated carbocycles. The summed E-state index contributed by atoms with van der Waals surface area (Å²) in [7, 11) is 3.61. The van der Waals surface area contributed by atoms with Gasteiger partial charge in [0.15, 0.2) is 6.35 Å². The lowest BCUT2D eigenvalue weighted by Gasteiger charge is -2.21. The topological polar surface area (TPSA) is 35.5 Å². The first-order valence-corrected chi connectivity index (χ1v) is 3.28. The molecular weight excluding hydrogens is 116 g/mol. The van der Waals surface area contributed by atoms with Gasteiger partial charge in [-0.1, -0.05) is 6.92 Å². The quantitative estimate of drug-likeness (QED) is 0.521. The van der Waals surface area contributed by atoms with Crippen LogP contribution in [0.3, 0.4) is 0 Å². The lowest BCUT2D eigenvalue weighted by atomic mass is 10.4. The SMILES string of the molecule is CCCN(C)C(O)NC. The summed E-state index contributed by atoms with van der Waals surface area (Å²) in [5.74, 6) is 0. The van der Waals surface area contributed by atoms with Crippen LogP contribution in [0.4, 0.5) is 0 Å². The minimum Gasteiger partial charge on any atom is -0.365 e. The van der Waals surface area contributed by atoms with Crippen LogP contribution >= 0.6 is 0 Å². The second kappa shape index (κ2) is 4.73. The summed E-state index contributed by atoms with van der Waals surface area (Å²) in [6.07, 6.45) is 0.569. The summed E-state index contributed by atoms with van der Waals surface area (Å²) in [6, 6.07) is 0. The summed E-state index contributed by atoms with van der Waals surface area (Å²) < 4.78 is 0. The predicted molar refractivity (Wildman–Crippen MR) is 38.0 cm³/mol. The first-order valence-electron chi connectivity index (χ1n) is 3.28. The molecule has 0 spiro atoms. The van der Waals surface area contributed by atoms with Crippen molar-refractivity contribution in [3.05, 3.63) is 0 Å². The van der Waals surface area contributed by atoms with Crippen LogP contribution in [0.5, 0.6) is 0 Å². The largest absolute Gasteiger partial charge is 0.365 e. The highest BCUT2D eigenvalue weighted by atomic mass is 16.3. The maximum atomic E-state index is 9.07. The van der Waals surface area contributed by atoms with Gasteiger partial charge in [0.25, 0.3) is 0 Å². The molecule has 0 saturated heterocycles. The van der Waals surface area contributed by atoms with Gasteiger partial charge in [-0.25, -0.2) is 0 Å². The number of rotatable bonds is 4. The van der Waals surface area contributed by atoms with E-state index in [4.69, 9.17) is 5.11 Å². The van der Waals surface area contributed by atoms with Crippen LogP contribution in [-0.4, -0.2) is 37.0 Å². The lowest BCUT2D eigenvalue weighted by molar-refractivity contribution is 0.000977. The number of nitrogens with zero attached hydrogens (tertiary/aromatic N) is 1. The predicted octanol–water partition coefficient (Wildman–Crippen LogP) is -0.177. The van der Waals surface area contributed by atoms with Crippen molar-refractivity contribution in [2.24, 2.45) is 0 Å². The molecule has 0 heterocycles. The third-order valence-electron chi connectivity index (χ3n) is 1.25. The van der Waals surface area contributed by atoms with Gasteiger partial charge >= 0.3 is 0 Å². The lowest BCUT2D eigenvalue weighted by Crippen LogP contribution is -2.41. The van der Waals surface area contributed by atoms with Crippen molar-refractivity contribution in [3.63, 3.8) is 0 Å². The van der Waals surface area contributed by atoms with Gasteiger partial charge in [-0.2, -0.15) is 0 Å². The standard InChI is InChI=1S/C6H16N2O/c1-4-5-8(3)6(9)7-2/h6-7,9H,4-5H2,1-3H3. The van der Waals surface area contributed by atoms with Crippen molar-refractivity contribution in [2.75, 3.05) is 20.6 Å². The molecule has 0 amide bonds. The van der Waals surface area contributed by atoms with E-state index in [-0.39, 0.29) is 0 Å². The summed E-state index contributed by atoms with van der Waals surface area (Å²) in [6.45, 7) is 3.00. The zero-order valence-corrected chi connectivity index (χ0v) is 6.39. The number of nitrogens with one attached hydrogen (secondary N) is 1. The molecule has 0 aromatic rings. The van der Waals surface area contributed by atoms with Crippen molar-refractivity contribution in [2.45, 2.75) is 19.7 Å². The van der Waals surface area contributed by atoms with E-state index in [0.717, 1.165) is 13.0 Å². The Labute approximate surface area is 56.7 Å². The van der Waals surface area contributed by atoms with Gasteiger partial charge in [0, 0.05) is 6.54 Å². The van der Waals surface area contributed by atoms with E-state index in [0.29, 0.717) is 0 Å². The van der Waals surface area contributed by atoms with Crippen LogP contribution in [0.2, 0.25) is 0 Å². The van der Waals surface area contributed by atoms with Gasteiger partial charge in [0.1, 0.15) is 0 Å². The second-order valence-corrected chi connectivity index (χ2v) is 2.14. The van der Waals surface area contributed by atoms with Crippen LogP contribution in [0.1, 0.15) is 13.3 Å². The molecule has 3 heteroatoms. The minimum absolute atomic E-state index is 0.495. The first kappa shape index (κ1) is 8.88. The Morgan fingerprint density at radius 1 is 1.67 bits per heavy atom. The van der Waals surface area contributed by atoms with Gasteiger partial charge in [-0.05, 0) is 20.5 Å². The summed E-state index contributed by atoms with van der Waals surface area (Å²) >= 11 is 0. The molecule has 1 atom stereocenters.